The van der Waals surface area contributed by atoms with Crippen molar-refractivity contribution in [1.82, 2.24) is 5.32 Å². The first kappa shape index (κ1) is 9.40. The van der Waals surface area contributed by atoms with Gasteiger partial charge in [0.25, 0.3) is 0 Å². The normalized spacial score (nSPS) is 34.6. The first-order valence-corrected chi connectivity index (χ1v) is 3.51. The van der Waals surface area contributed by atoms with E-state index in [4.69, 9.17) is 20.4 Å². The second-order valence-electron chi connectivity index (χ2n) is 2.90. The van der Waals surface area contributed by atoms with Crippen molar-refractivity contribution in [2.24, 2.45) is 5.92 Å². The molecule has 1 aliphatic heterocycles. The molecule has 0 aromatic heterocycles. The Morgan fingerprint density at radius 3 is 2.50 bits per heavy atom. The van der Waals surface area contributed by atoms with Gasteiger partial charge in [-0.1, -0.05) is 0 Å². The van der Waals surface area contributed by atoms with E-state index in [1.807, 2.05) is 0 Å². The summed E-state index contributed by atoms with van der Waals surface area (Å²) in [5.41, 5.74) is 0. The van der Waals surface area contributed by atoms with Gasteiger partial charge in [0.1, 0.15) is 12.0 Å². The molecule has 0 bridgehead atoms. The molecule has 6 nitrogen and oxygen atoms in total. The van der Waals surface area contributed by atoms with Gasteiger partial charge in [-0.3, -0.25) is 4.79 Å². The number of piperidine rings is 1. The Morgan fingerprint density at radius 2 is 2.08 bits per heavy atom. The van der Waals surface area contributed by atoms with Crippen molar-refractivity contribution in [3.05, 3.63) is 0 Å². The Balaban J connectivity index is 2.73. The minimum atomic E-state index is -2.35. The summed E-state index contributed by atoms with van der Waals surface area (Å²) in [6.07, 6.45) is -1.64. The molecule has 0 aliphatic carbocycles. The molecule has 2 atom stereocenters. The van der Waals surface area contributed by atoms with Gasteiger partial charge in [0.2, 0.25) is 5.79 Å². The molecule has 5 N–H and O–H groups in total. The van der Waals surface area contributed by atoms with E-state index in [0.29, 0.717) is 0 Å². The average molecular weight is 177 g/mol. The maximum atomic E-state index is 10.4. The van der Waals surface area contributed by atoms with E-state index < -0.39 is 23.8 Å². The van der Waals surface area contributed by atoms with E-state index in [2.05, 4.69) is 5.32 Å². The highest BCUT2D eigenvalue weighted by atomic mass is 16.5. The molecule has 1 heterocycles. The summed E-state index contributed by atoms with van der Waals surface area (Å²) in [6.45, 7) is -0.183. The van der Waals surface area contributed by atoms with Crippen LogP contribution in [0.1, 0.15) is 0 Å². The average Bonchev–Trinajstić information content (AvgIpc) is 1.94. The maximum Gasteiger partial charge on any atom is 0.310 e. The second kappa shape index (κ2) is 2.98. The molecule has 0 amide bonds. The number of hydrogen-bond donors (Lipinski definition) is 5. The number of nitrogens with one attached hydrogen (secondary N) is 1. The molecule has 0 spiro atoms. The van der Waals surface area contributed by atoms with Crippen molar-refractivity contribution >= 4 is 5.97 Å². The highest BCUT2D eigenvalue weighted by Gasteiger charge is 2.45. The molecule has 12 heavy (non-hydrogen) atoms. The van der Waals surface area contributed by atoms with E-state index in [1.54, 1.807) is 0 Å². The van der Waals surface area contributed by atoms with Crippen LogP contribution in [0.2, 0.25) is 0 Å². The summed E-state index contributed by atoms with van der Waals surface area (Å²) in [6, 6.07) is 0. The molecule has 0 aromatic carbocycles. The Hall–Kier alpha value is -0.690. The van der Waals surface area contributed by atoms with Crippen molar-refractivity contribution in [3.8, 4) is 0 Å². The zero-order valence-electron chi connectivity index (χ0n) is 6.27. The number of carboxylic acid groups (broad SMARTS) is 1. The number of aliphatic carboxylic acids is 1. The van der Waals surface area contributed by atoms with Crippen LogP contribution in [0, 0.1) is 5.92 Å². The molecule has 1 saturated heterocycles. The van der Waals surface area contributed by atoms with Crippen LogP contribution in [0.5, 0.6) is 0 Å². The summed E-state index contributed by atoms with van der Waals surface area (Å²) < 4.78 is 0. The van der Waals surface area contributed by atoms with Crippen LogP contribution in [0.3, 0.4) is 0 Å². The third-order valence-corrected chi connectivity index (χ3v) is 1.92. The van der Waals surface area contributed by atoms with E-state index in [9.17, 15) is 4.79 Å². The molecular formula is C6H11NO5. The lowest BCUT2D eigenvalue weighted by Crippen LogP contribution is -2.61. The Morgan fingerprint density at radius 1 is 1.50 bits per heavy atom. The lowest BCUT2D eigenvalue weighted by molar-refractivity contribution is -0.246. The van der Waals surface area contributed by atoms with Gasteiger partial charge in [-0.25, -0.2) is 0 Å². The molecule has 0 saturated carbocycles. The van der Waals surface area contributed by atoms with Crippen molar-refractivity contribution in [3.63, 3.8) is 0 Å². The number of aliphatic hydroxyl groups is 3. The first-order valence-electron chi connectivity index (χ1n) is 3.51. The first-order chi connectivity index (χ1) is 5.45. The topological polar surface area (TPSA) is 110 Å². The third kappa shape index (κ3) is 1.56. The Bertz CT molecular complexity index is 192. The predicted octanol–water partition coefficient (Wildman–Crippen LogP) is -2.67. The van der Waals surface area contributed by atoms with Crippen molar-refractivity contribution < 1.29 is 25.2 Å². The smallest absolute Gasteiger partial charge is 0.310 e. The highest BCUT2D eigenvalue weighted by molar-refractivity contribution is 5.71. The second-order valence-corrected chi connectivity index (χ2v) is 2.90. The van der Waals surface area contributed by atoms with Gasteiger partial charge < -0.3 is 25.7 Å². The van der Waals surface area contributed by atoms with Crippen molar-refractivity contribution in [1.29, 1.82) is 0 Å². The lowest BCUT2D eigenvalue weighted by Gasteiger charge is -2.36. The third-order valence-electron chi connectivity index (χ3n) is 1.92. The van der Waals surface area contributed by atoms with Crippen LogP contribution in [0.15, 0.2) is 0 Å². The molecule has 0 unspecified atom stereocenters. The summed E-state index contributed by atoms with van der Waals surface area (Å²) in [5, 5.41) is 38.2. The van der Waals surface area contributed by atoms with E-state index in [1.165, 1.54) is 0 Å². The number of rotatable bonds is 1. The van der Waals surface area contributed by atoms with Crippen LogP contribution in [-0.2, 0) is 4.79 Å². The maximum absolute atomic E-state index is 10.4. The van der Waals surface area contributed by atoms with Gasteiger partial charge in [-0.05, 0) is 0 Å². The standard InChI is InChI=1S/C6H11NO5/c8-4-3(5(9)10)1-7-2-6(4,11)12/h3-4,7-8,11-12H,1-2H2,(H,9,10)/t3-,4+/m0/s1. The number of carboxylic acids is 1. The van der Waals surface area contributed by atoms with Crippen molar-refractivity contribution in [2.75, 3.05) is 13.1 Å². The molecule has 1 fully saturated rings. The zero-order chi connectivity index (χ0) is 9.35. The van der Waals surface area contributed by atoms with Crippen molar-refractivity contribution in [2.45, 2.75) is 11.9 Å². The van der Waals surface area contributed by atoms with Crippen LogP contribution in [-0.4, -0.2) is 51.4 Å². The highest BCUT2D eigenvalue weighted by Crippen LogP contribution is 2.18. The fourth-order valence-corrected chi connectivity index (χ4v) is 1.17. The van der Waals surface area contributed by atoms with Crippen LogP contribution >= 0.6 is 0 Å². The van der Waals surface area contributed by atoms with Gasteiger partial charge in [0, 0.05) is 6.54 Å². The minimum Gasteiger partial charge on any atom is -0.481 e. The van der Waals surface area contributed by atoms with Crippen LogP contribution in [0.25, 0.3) is 0 Å². The van der Waals surface area contributed by atoms with E-state index >= 15 is 0 Å². The monoisotopic (exact) mass is 177 g/mol. The van der Waals surface area contributed by atoms with Crippen LogP contribution < -0.4 is 5.32 Å². The molecule has 1 rings (SSSR count). The fraction of sp³-hybridized carbons (Fsp3) is 0.833. The Labute approximate surface area is 68.4 Å². The quantitative estimate of drug-likeness (QED) is 0.279. The van der Waals surface area contributed by atoms with Gasteiger partial charge in [-0.2, -0.15) is 0 Å². The number of β-amino-alcohol motifs (C(OH)–C–C–N with tert-alkyl or cyclic N) is 2. The lowest BCUT2D eigenvalue weighted by atomic mass is 9.91. The zero-order valence-corrected chi connectivity index (χ0v) is 6.27. The van der Waals surface area contributed by atoms with Crippen LogP contribution in [0.4, 0.5) is 0 Å². The largest absolute Gasteiger partial charge is 0.481 e. The Kier molecular flexibility index (Phi) is 2.34. The fourth-order valence-electron chi connectivity index (χ4n) is 1.17. The summed E-state index contributed by atoms with van der Waals surface area (Å²) >= 11 is 0. The minimum absolute atomic E-state index is 0.0410. The molecule has 0 aromatic rings. The van der Waals surface area contributed by atoms with Gasteiger partial charge in [-0.15, -0.1) is 0 Å². The molecular weight excluding hydrogens is 166 g/mol. The molecule has 6 heteroatoms. The number of hydrogen-bond acceptors (Lipinski definition) is 5. The SMILES string of the molecule is O=C(O)[C@H]1CNCC(O)(O)[C@@H]1O. The molecule has 0 radical (unpaired) electrons. The van der Waals surface area contributed by atoms with E-state index in [0.717, 1.165) is 0 Å². The number of carbonyl (C=O) groups is 1. The molecule has 70 valence electrons. The predicted molar refractivity (Wildman–Crippen MR) is 37.2 cm³/mol. The van der Waals surface area contributed by atoms with Gasteiger partial charge >= 0.3 is 5.97 Å². The summed E-state index contributed by atoms with van der Waals surface area (Å²) in [4.78, 5) is 10.4. The summed E-state index contributed by atoms with van der Waals surface area (Å²) in [5.74, 6) is -4.77. The van der Waals surface area contributed by atoms with E-state index in [-0.39, 0.29) is 13.1 Å². The molecule has 1 aliphatic rings. The van der Waals surface area contributed by atoms with Gasteiger partial charge in [0.05, 0.1) is 6.54 Å². The summed E-state index contributed by atoms with van der Waals surface area (Å²) in [7, 11) is 0. The van der Waals surface area contributed by atoms with Gasteiger partial charge in [0.15, 0.2) is 0 Å². The number of aliphatic hydroxyl groups excluding tert-OH is 1.